The van der Waals surface area contributed by atoms with E-state index >= 15 is 0 Å². The quantitative estimate of drug-likeness (QED) is 0.0907. The van der Waals surface area contributed by atoms with Crippen molar-refractivity contribution in [3.05, 3.63) is 144 Å². The molecule has 0 saturated carbocycles. The standard InChI is InChI=1S/2C24H26N2O6/c2*1-31-23(29)20-13-8-14-26(20)22(28)21(27)19(15-17-9-4-2-5-10-17)25-24(30)32-16-18-11-6-3-7-12-18/h2*2-7,9-12,19-20H,8,13-16H2,1H3,(H,25,30)/t2*19?,20-/m11/s1. The fourth-order valence-corrected chi connectivity index (χ4v) is 7.30. The molecule has 0 spiro atoms. The summed E-state index contributed by atoms with van der Waals surface area (Å²) in [6, 6.07) is 32.5. The van der Waals surface area contributed by atoms with Gasteiger partial charge in [0.25, 0.3) is 11.8 Å². The SMILES string of the molecule is COC(=O)[C@H]1CCCN1C(=O)C(=O)C(Cc1ccccc1)NC(=O)OCc1ccccc1.COC(=O)[C@H]1CCCN1C(=O)C(=O)C(Cc1ccccc1)NC(=O)OCc1ccccc1. The van der Waals surface area contributed by atoms with Crippen molar-refractivity contribution in [1.82, 2.24) is 20.4 Å². The minimum atomic E-state index is -1.13. The van der Waals surface area contributed by atoms with E-state index in [0.29, 0.717) is 25.7 Å². The molecule has 2 aliphatic heterocycles. The summed E-state index contributed by atoms with van der Waals surface area (Å²) in [6.45, 7) is 0.620. The molecule has 6 rings (SSSR count). The fraction of sp³-hybridized carbons (Fsp3) is 0.333. The highest BCUT2D eigenvalue weighted by Gasteiger charge is 2.41. The zero-order valence-electron chi connectivity index (χ0n) is 35.7. The van der Waals surface area contributed by atoms with Gasteiger partial charge in [0.1, 0.15) is 37.4 Å². The van der Waals surface area contributed by atoms with E-state index in [4.69, 9.17) is 18.9 Å². The third-order valence-electron chi connectivity index (χ3n) is 10.6. The van der Waals surface area contributed by atoms with Crippen LogP contribution in [0.5, 0.6) is 0 Å². The van der Waals surface area contributed by atoms with Crippen LogP contribution in [0.25, 0.3) is 0 Å². The molecule has 2 aliphatic rings. The summed E-state index contributed by atoms with van der Waals surface area (Å²) in [5.74, 6) is -4.36. The number of ketones is 2. The van der Waals surface area contributed by atoms with Gasteiger partial charge in [-0.15, -0.1) is 0 Å². The summed E-state index contributed by atoms with van der Waals surface area (Å²) in [5, 5.41) is 5.05. The van der Waals surface area contributed by atoms with E-state index in [2.05, 4.69) is 10.6 Å². The van der Waals surface area contributed by atoms with E-state index in [0.717, 1.165) is 22.3 Å². The normalized spacial score (nSPS) is 16.2. The minimum Gasteiger partial charge on any atom is -0.467 e. The molecule has 4 aromatic carbocycles. The van der Waals surface area contributed by atoms with E-state index in [-0.39, 0.29) is 39.1 Å². The smallest absolute Gasteiger partial charge is 0.408 e. The number of nitrogens with one attached hydrogen (secondary N) is 2. The van der Waals surface area contributed by atoms with Crippen LogP contribution in [-0.2, 0) is 73.8 Å². The van der Waals surface area contributed by atoms with Crippen molar-refractivity contribution in [1.29, 1.82) is 0 Å². The van der Waals surface area contributed by atoms with Crippen LogP contribution in [0.2, 0.25) is 0 Å². The molecule has 0 radical (unpaired) electrons. The number of benzene rings is 4. The lowest BCUT2D eigenvalue weighted by Gasteiger charge is -2.24. The van der Waals surface area contributed by atoms with Crippen molar-refractivity contribution in [3.63, 3.8) is 0 Å². The summed E-state index contributed by atoms with van der Waals surface area (Å²) >= 11 is 0. The monoisotopic (exact) mass is 876 g/mol. The number of rotatable bonds is 16. The summed E-state index contributed by atoms with van der Waals surface area (Å²) in [4.78, 5) is 103. The average molecular weight is 877 g/mol. The molecule has 2 heterocycles. The van der Waals surface area contributed by atoms with Gasteiger partial charge in [0.15, 0.2) is 0 Å². The maximum Gasteiger partial charge on any atom is 0.408 e. The van der Waals surface area contributed by atoms with Crippen molar-refractivity contribution in [2.45, 2.75) is 75.9 Å². The van der Waals surface area contributed by atoms with Crippen molar-refractivity contribution in [3.8, 4) is 0 Å². The number of carbonyl (C=O) groups is 8. The van der Waals surface area contributed by atoms with Gasteiger partial charge in [-0.25, -0.2) is 19.2 Å². The van der Waals surface area contributed by atoms with Gasteiger partial charge in [-0.2, -0.15) is 0 Å². The molecule has 2 fully saturated rings. The lowest BCUT2D eigenvalue weighted by molar-refractivity contribution is -0.154. The number of ether oxygens (including phenoxy) is 4. The van der Waals surface area contributed by atoms with Crippen molar-refractivity contribution in [2.24, 2.45) is 0 Å². The average Bonchev–Trinajstić information content (AvgIpc) is 4.04. The molecule has 4 amide bonds. The maximum atomic E-state index is 13.1. The summed E-state index contributed by atoms with van der Waals surface area (Å²) < 4.78 is 20.0. The first-order valence-corrected chi connectivity index (χ1v) is 20.9. The number of likely N-dealkylation sites (tertiary alicyclic amines) is 2. The van der Waals surface area contributed by atoms with E-state index in [1.54, 1.807) is 48.5 Å². The van der Waals surface area contributed by atoms with Crippen LogP contribution in [-0.4, -0.2) is 109 Å². The van der Waals surface area contributed by atoms with E-state index < -0.39 is 71.7 Å². The highest BCUT2D eigenvalue weighted by molar-refractivity contribution is 6.39. The van der Waals surface area contributed by atoms with Crippen molar-refractivity contribution < 1.29 is 57.3 Å². The Labute approximate surface area is 371 Å². The molecule has 16 nitrogen and oxygen atoms in total. The van der Waals surface area contributed by atoms with Gasteiger partial charge < -0.3 is 39.4 Å². The molecule has 0 bridgehead atoms. The number of esters is 2. The van der Waals surface area contributed by atoms with E-state index in [1.165, 1.54) is 24.0 Å². The van der Waals surface area contributed by atoms with Crippen LogP contribution < -0.4 is 10.6 Å². The second kappa shape index (κ2) is 24.3. The molecule has 2 unspecified atom stereocenters. The number of hydrogen-bond donors (Lipinski definition) is 2. The second-order valence-electron chi connectivity index (χ2n) is 15.0. The first-order chi connectivity index (χ1) is 31.0. The number of amides is 4. The molecule has 64 heavy (non-hydrogen) atoms. The molecule has 0 aromatic heterocycles. The van der Waals surface area contributed by atoms with Gasteiger partial charge in [-0.05, 0) is 47.9 Å². The van der Waals surface area contributed by atoms with Crippen LogP contribution in [0, 0.1) is 0 Å². The first-order valence-electron chi connectivity index (χ1n) is 20.9. The predicted molar refractivity (Wildman–Crippen MR) is 231 cm³/mol. The van der Waals surface area contributed by atoms with Gasteiger partial charge in [-0.1, -0.05) is 121 Å². The highest BCUT2D eigenvalue weighted by Crippen LogP contribution is 2.21. The van der Waals surface area contributed by atoms with Crippen LogP contribution in [0.4, 0.5) is 9.59 Å². The van der Waals surface area contributed by atoms with Crippen LogP contribution in [0.3, 0.4) is 0 Å². The van der Waals surface area contributed by atoms with Crippen LogP contribution >= 0.6 is 0 Å². The Morgan fingerprint density at radius 1 is 0.500 bits per heavy atom. The summed E-state index contributed by atoms with van der Waals surface area (Å²) in [6.07, 6.45) is 0.668. The van der Waals surface area contributed by atoms with Gasteiger partial charge >= 0.3 is 24.1 Å². The molecule has 4 aromatic rings. The topological polar surface area (TPSA) is 204 Å². The Hall–Kier alpha value is -7.36. The van der Waals surface area contributed by atoms with E-state index in [1.807, 2.05) is 72.8 Å². The molecular formula is C48H52N4O12. The molecule has 2 N–H and O–H groups in total. The zero-order chi connectivity index (χ0) is 45.8. The van der Waals surface area contributed by atoms with Crippen LogP contribution in [0.1, 0.15) is 47.9 Å². The third-order valence-corrected chi connectivity index (χ3v) is 10.6. The second-order valence-corrected chi connectivity index (χ2v) is 15.0. The largest absolute Gasteiger partial charge is 0.467 e. The Bertz CT molecular complexity index is 2050. The molecule has 336 valence electrons. The summed E-state index contributed by atoms with van der Waals surface area (Å²) in [5.41, 5.74) is 3.13. The Balaban J connectivity index is 0.000000241. The highest BCUT2D eigenvalue weighted by atomic mass is 16.6. The Morgan fingerprint density at radius 2 is 0.812 bits per heavy atom. The van der Waals surface area contributed by atoms with Crippen molar-refractivity contribution in [2.75, 3.05) is 27.3 Å². The fourth-order valence-electron chi connectivity index (χ4n) is 7.30. The molecule has 4 atom stereocenters. The maximum absolute atomic E-state index is 13.1. The number of alkyl carbamates (subject to hydrolysis) is 2. The lowest BCUT2D eigenvalue weighted by atomic mass is 10.0. The summed E-state index contributed by atoms with van der Waals surface area (Å²) in [7, 11) is 2.49. The number of carbonyl (C=O) groups excluding carboxylic acids is 8. The van der Waals surface area contributed by atoms with Crippen molar-refractivity contribution >= 4 is 47.5 Å². The van der Waals surface area contributed by atoms with Gasteiger partial charge in [0, 0.05) is 25.9 Å². The lowest BCUT2D eigenvalue weighted by Crippen LogP contribution is -2.52. The van der Waals surface area contributed by atoms with E-state index in [9.17, 15) is 38.4 Å². The third kappa shape index (κ3) is 13.8. The first kappa shape index (κ1) is 47.7. The molecule has 16 heteroatoms. The minimum absolute atomic E-state index is 0.0312. The molecule has 0 aliphatic carbocycles. The van der Waals surface area contributed by atoms with Crippen LogP contribution in [0.15, 0.2) is 121 Å². The Morgan fingerprint density at radius 3 is 1.12 bits per heavy atom. The van der Waals surface area contributed by atoms with Gasteiger partial charge in [-0.3, -0.25) is 19.2 Å². The number of nitrogens with zero attached hydrogens (tertiary/aromatic N) is 2. The molecule has 2 saturated heterocycles. The zero-order valence-corrected chi connectivity index (χ0v) is 35.7. The predicted octanol–water partition coefficient (Wildman–Crippen LogP) is 4.51. The van der Waals surface area contributed by atoms with Gasteiger partial charge in [0.05, 0.1) is 14.2 Å². The molecular weight excluding hydrogens is 825 g/mol. The Kier molecular flexibility index (Phi) is 18.1. The number of Topliss-reactive ketones (excluding diaryl/α,β-unsaturated/α-hetero) is 2. The number of hydrogen-bond acceptors (Lipinski definition) is 12. The number of methoxy groups -OCH3 is 2. The van der Waals surface area contributed by atoms with Gasteiger partial charge in [0.2, 0.25) is 11.6 Å².